The summed E-state index contributed by atoms with van der Waals surface area (Å²) in [6, 6.07) is 0.211. The number of nitrogens with one attached hydrogen (secondary N) is 2. The number of aromatic nitrogens is 4. The number of imidazole rings is 1. The van der Waals surface area contributed by atoms with E-state index >= 15 is 0 Å². The number of piperidine rings is 1. The second-order valence-electron chi connectivity index (χ2n) is 7.03. The Balaban J connectivity index is 1.68. The van der Waals surface area contributed by atoms with Crippen molar-refractivity contribution in [3.8, 4) is 6.01 Å². The first-order valence-corrected chi connectivity index (χ1v) is 9.18. The van der Waals surface area contributed by atoms with E-state index in [4.69, 9.17) is 10.5 Å². The fourth-order valence-electron chi connectivity index (χ4n) is 3.38. The predicted octanol–water partition coefficient (Wildman–Crippen LogP) is 1.66. The van der Waals surface area contributed by atoms with Gasteiger partial charge < -0.3 is 20.8 Å². The molecule has 0 saturated carbocycles. The highest BCUT2D eigenvalue weighted by Gasteiger charge is 2.16. The monoisotopic (exact) mass is 348 g/mol. The molecule has 1 saturated heterocycles. The molecule has 0 aromatic carbocycles. The molecule has 3 heterocycles. The molecule has 0 amide bonds. The molecule has 138 valence electrons. The minimum absolute atomic E-state index is 0.0547. The molecule has 4 N–H and O–H groups in total. The van der Waals surface area contributed by atoms with Crippen LogP contribution in [0.5, 0.6) is 6.01 Å². The molecule has 0 bridgehead atoms. The van der Waals surface area contributed by atoms with E-state index in [-0.39, 0.29) is 23.6 Å². The Morgan fingerprint density at radius 3 is 2.76 bits per heavy atom. The van der Waals surface area contributed by atoms with E-state index in [0.29, 0.717) is 17.7 Å². The first-order chi connectivity index (χ1) is 12.0. The molecule has 3 rings (SSSR count). The Bertz CT molecular complexity index is 760. The fraction of sp³-hybridized carbons (Fsp3) is 0.706. The fourth-order valence-corrected chi connectivity index (χ4v) is 3.38. The van der Waals surface area contributed by atoms with Gasteiger partial charge in [-0.05, 0) is 52.1 Å². The van der Waals surface area contributed by atoms with Gasteiger partial charge in [0.05, 0.1) is 6.10 Å². The first-order valence-electron chi connectivity index (χ1n) is 9.18. The van der Waals surface area contributed by atoms with Gasteiger partial charge in [-0.25, -0.2) is 4.79 Å². The zero-order valence-electron chi connectivity index (χ0n) is 15.0. The second kappa shape index (κ2) is 7.86. The summed E-state index contributed by atoms with van der Waals surface area (Å²) in [5, 5.41) is 3.39. The summed E-state index contributed by atoms with van der Waals surface area (Å²) in [6.07, 6.45) is 5.73. The van der Waals surface area contributed by atoms with E-state index in [0.717, 1.165) is 31.8 Å². The van der Waals surface area contributed by atoms with Gasteiger partial charge in [0.1, 0.15) is 5.52 Å². The number of nitrogens with zero attached hydrogens (tertiary/aromatic N) is 3. The van der Waals surface area contributed by atoms with E-state index in [1.165, 1.54) is 19.3 Å². The van der Waals surface area contributed by atoms with Crippen LogP contribution in [0.25, 0.3) is 11.2 Å². The molecule has 1 fully saturated rings. The van der Waals surface area contributed by atoms with Crippen molar-refractivity contribution in [3.63, 3.8) is 0 Å². The van der Waals surface area contributed by atoms with E-state index in [1.807, 2.05) is 13.8 Å². The van der Waals surface area contributed by atoms with Crippen molar-refractivity contribution in [1.29, 1.82) is 0 Å². The third-order valence-corrected chi connectivity index (χ3v) is 4.67. The lowest BCUT2D eigenvalue weighted by atomic mass is 9.92. The van der Waals surface area contributed by atoms with Gasteiger partial charge in [0.25, 0.3) is 0 Å². The number of ether oxygens (including phenoxy) is 1. The SMILES string of the molecule is CC(C)Oc1nc(N)c2[nH]c(=O)n(CCCCC3CCNCC3)c2n1. The number of fused-ring (bicyclic) bond motifs is 1. The average Bonchev–Trinajstić information content (AvgIpc) is 2.88. The molecule has 1 aliphatic heterocycles. The number of H-pyrrole nitrogens is 1. The van der Waals surface area contributed by atoms with Crippen molar-refractivity contribution >= 4 is 17.0 Å². The highest BCUT2D eigenvalue weighted by molar-refractivity contribution is 5.81. The largest absolute Gasteiger partial charge is 0.461 e. The number of rotatable bonds is 7. The van der Waals surface area contributed by atoms with Crippen LogP contribution < -0.4 is 21.5 Å². The van der Waals surface area contributed by atoms with Gasteiger partial charge in [0, 0.05) is 6.54 Å². The summed E-state index contributed by atoms with van der Waals surface area (Å²) in [4.78, 5) is 23.5. The second-order valence-corrected chi connectivity index (χ2v) is 7.03. The zero-order chi connectivity index (χ0) is 17.8. The minimum Gasteiger partial charge on any atom is -0.461 e. The maximum Gasteiger partial charge on any atom is 0.327 e. The van der Waals surface area contributed by atoms with Crippen molar-refractivity contribution < 1.29 is 4.74 Å². The molecule has 2 aromatic heterocycles. The zero-order valence-corrected chi connectivity index (χ0v) is 15.0. The summed E-state index contributed by atoms with van der Waals surface area (Å²) < 4.78 is 7.18. The Morgan fingerprint density at radius 2 is 2.04 bits per heavy atom. The van der Waals surface area contributed by atoms with Crippen molar-refractivity contribution in [2.45, 2.75) is 58.6 Å². The summed E-state index contributed by atoms with van der Waals surface area (Å²) in [7, 11) is 0. The molecule has 8 heteroatoms. The molecule has 25 heavy (non-hydrogen) atoms. The molecule has 1 aliphatic rings. The number of anilines is 1. The smallest absolute Gasteiger partial charge is 0.327 e. The topological polar surface area (TPSA) is 111 Å². The third kappa shape index (κ3) is 4.31. The van der Waals surface area contributed by atoms with Crippen LogP contribution in [0.2, 0.25) is 0 Å². The van der Waals surface area contributed by atoms with Gasteiger partial charge in [0.15, 0.2) is 11.5 Å². The molecule has 0 unspecified atom stereocenters. The molecule has 0 atom stereocenters. The normalized spacial score (nSPS) is 16.0. The maximum absolute atomic E-state index is 12.3. The molecule has 0 aliphatic carbocycles. The lowest BCUT2D eigenvalue weighted by Gasteiger charge is -2.22. The van der Waals surface area contributed by atoms with Gasteiger partial charge in [-0.1, -0.05) is 12.8 Å². The maximum atomic E-state index is 12.3. The van der Waals surface area contributed by atoms with Crippen LogP contribution >= 0.6 is 0 Å². The van der Waals surface area contributed by atoms with Crippen LogP contribution in [0, 0.1) is 5.92 Å². The van der Waals surface area contributed by atoms with E-state index in [1.54, 1.807) is 4.57 Å². The van der Waals surface area contributed by atoms with Gasteiger partial charge in [-0.15, -0.1) is 0 Å². The number of nitrogen functional groups attached to an aromatic ring is 1. The Morgan fingerprint density at radius 1 is 1.28 bits per heavy atom. The van der Waals surface area contributed by atoms with E-state index in [9.17, 15) is 4.79 Å². The Labute approximate surface area is 147 Å². The number of aromatic amines is 1. The van der Waals surface area contributed by atoms with Crippen LogP contribution in [-0.4, -0.2) is 38.7 Å². The molecule has 2 aromatic rings. The van der Waals surface area contributed by atoms with Crippen LogP contribution in [0.4, 0.5) is 5.82 Å². The number of unbranched alkanes of at least 4 members (excludes halogenated alkanes) is 1. The van der Waals surface area contributed by atoms with Crippen molar-refractivity contribution in [2.75, 3.05) is 18.8 Å². The minimum atomic E-state index is -0.195. The standard InChI is InChI=1S/C17H28N6O2/c1-11(2)25-16-21-14(18)13-15(22-16)23(17(24)20-13)10-4-3-5-12-6-8-19-9-7-12/h11-12,19H,3-10H2,1-2H3,(H,20,24)(H2,18,21,22). The summed E-state index contributed by atoms with van der Waals surface area (Å²) in [5.41, 5.74) is 6.76. The lowest BCUT2D eigenvalue weighted by Crippen LogP contribution is -2.27. The molecular weight excluding hydrogens is 320 g/mol. The highest BCUT2D eigenvalue weighted by atomic mass is 16.5. The van der Waals surface area contributed by atoms with Gasteiger partial charge >= 0.3 is 11.7 Å². The lowest BCUT2D eigenvalue weighted by molar-refractivity contribution is 0.223. The van der Waals surface area contributed by atoms with Crippen LogP contribution in [0.3, 0.4) is 0 Å². The van der Waals surface area contributed by atoms with Crippen molar-refractivity contribution in [3.05, 3.63) is 10.5 Å². The molecule has 0 radical (unpaired) electrons. The molecule has 8 nitrogen and oxygen atoms in total. The van der Waals surface area contributed by atoms with Crippen molar-refractivity contribution in [2.24, 2.45) is 5.92 Å². The Kier molecular flexibility index (Phi) is 5.57. The molecule has 0 spiro atoms. The van der Waals surface area contributed by atoms with Gasteiger partial charge in [0.2, 0.25) is 0 Å². The number of aryl methyl sites for hydroxylation is 1. The van der Waals surface area contributed by atoms with Crippen LogP contribution in [0.1, 0.15) is 46.0 Å². The van der Waals surface area contributed by atoms with Gasteiger partial charge in [-0.3, -0.25) is 4.57 Å². The third-order valence-electron chi connectivity index (χ3n) is 4.67. The quantitative estimate of drug-likeness (QED) is 0.656. The van der Waals surface area contributed by atoms with Crippen LogP contribution in [-0.2, 0) is 6.54 Å². The highest BCUT2D eigenvalue weighted by Crippen LogP contribution is 2.21. The number of hydrogen-bond donors (Lipinski definition) is 3. The summed E-state index contributed by atoms with van der Waals surface area (Å²) >= 11 is 0. The van der Waals surface area contributed by atoms with E-state index < -0.39 is 0 Å². The number of nitrogens with two attached hydrogens (primary N) is 1. The van der Waals surface area contributed by atoms with Crippen molar-refractivity contribution in [1.82, 2.24) is 24.8 Å². The average molecular weight is 348 g/mol. The summed E-state index contributed by atoms with van der Waals surface area (Å²) in [6.45, 7) is 6.67. The predicted molar refractivity (Wildman–Crippen MR) is 97.8 cm³/mol. The van der Waals surface area contributed by atoms with Gasteiger partial charge in [-0.2, -0.15) is 9.97 Å². The van der Waals surface area contributed by atoms with Crippen LogP contribution in [0.15, 0.2) is 4.79 Å². The first kappa shape index (κ1) is 17.7. The Hall–Kier alpha value is -2.09. The molecular formula is C17H28N6O2. The van der Waals surface area contributed by atoms with E-state index in [2.05, 4.69) is 20.3 Å². The number of hydrogen-bond acceptors (Lipinski definition) is 6. The summed E-state index contributed by atoms with van der Waals surface area (Å²) in [5.74, 6) is 1.05.